The summed E-state index contributed by atoms with van der Waals surface area (Å²) in [5.74, 6) is 0.501. The Kier molecular flexibility index (Phi) is 4.30. The van der Waals surface area contributed by atoms with Gasteiger partial charge in [0.05, 0.1) is 27.8 Å². The molecule has 0 radical (unpaired) electrons. The Labute approximate surface area is 167 Å². The van der Waals surface area contributed by atoms with Gasteiger partial charge in [-0.2, -0.15) is 4.98 Å². The number of fused-ring (bicyclic) bond motifs is 2. The fraction of sp³-hybridized carbons (Fsp3) is 0.105. The maximum Gasteiger partial charge on any atom is 0.271 e. The molecule has 0 atom stereocenters. The molecule has 1 amide bonds. The zero-order valence-electron chi connectivity index (χ0n) is 14.6. The van der Waals surface area contributed by atoms with Gasteiger partial charge in [0.15, 0.2) is 5.82 Å². The quantitative estimate of drug-likeness (QED) is 0.483. The Morgan fingerprint density at radius 3 is 2.82 bits per heavy atom. The van der Waals surface area contributed by atoms with Gasteiger partial charge < -0.3 is 5.32 Å². The highest BCUT2D eigenvalue weighted by Crippen LogP contribution is 2.24. The number of benzene rings is 1. The van der Waals surface area contributed by atoms with Gasteiger partial charge in [-0.25, -0.2) is 9.50 Å². The number of aromatic nitrogens is 5. The van der Waals surface area contributed by atoms with Crippen LogP contribution in [0.15, 0.2) is 53.4 Å². The highest BCUT2D eigenvalue weighted by Gasteiger charge is 2.13. The van der Waals surface area contributed by atoms with Crippen LogP contribution < -0.4 is 5.32 Å². The van der Waals surface area contributed by atoms with Crippen molar-refractivity contribution in [3.05, 3.63) is 64.7 Å². The molecular formula is C19H14N6OS2. The van der Waals surface area contributed by atoms with Crippen molar-refractivity contribution in [2.45, 2.75) is 6.42 Å². The molecule has 138 valence electrons. The minimum Gasteiger partial charge on any atom is -0.350 e. The lowest BCUT2D eigenvalue weighted by Crippen LogP contribution is -2.27. The number of thiazole rings is 1. The summed E-state index contributed by atoms with van der Waals surface area (Å²) in [5, 5.41) is 11.5. The minimum absolute atomic E-state index is 0.234. The van der Waals surface area contributed by atoms with Gasteiger partial charge in [0.2, 0.25) is 4.96 Å². The van der Waals surface area contributed by atoms with Gasteiger partial charge >= 0.3 is 0 Å². The van der Waals surface area contributed by atoms with Gasteiger partial charge in [0.25, 0.3) is 5.91 Å². The molecule has 1 aromatic carbocycles. The van der Waals surface area contributed by atoms with E-state index >= 15 is 0 Å². The van der Waals surface area contributed by atoms with E-state index in [9.17, 15) is 4.79 Å². The maximum atomic E-state index is 12.4. The number of para-hydroxylation sites is 2. The molecule has 4 heterocycles. The first-order valence-corrected chi connectivity index (χ1v) is 10.4. The van der Waals surface area contributed by atoms with Gasteiger partial charge in [-0.3, -0.25) is 9.78 Å². The van der Waals surface area contributed by atoms with E-state index in [1.54, 1.807) is 22.7 Å². The van der Waals surface area contributed by atoms with Gasteiger partial charge in [0.1, 0.15) is 5.69 Å². The number of amides is 1. The molecule has 0 bridgehead atoms. The smallest absolute Gasteiger partial charge is 0.271 e. The summed E-state index contributed by atoms with van der Waals surface area (Å²) >= 11 is 3.16. The van der Waals surface area contributed by atoms with Crippen LogP contribution in [0.2, 0.25) is 0 Å². The summed E-state index contributed by atoms with van der Waals surface area (Å²) in [6, 6.07) is 11.5. The summed E-state index contributed by atoms with van der Waals surface area (Å²) in [4.78, 5) is 27.5. The van der Waals surface area contributed by atoms with E-state index in [1.165, 1.54) is 6.20 Å². The van der Waals surface area contributed by atoms with Crippen molar-refractivity contribution in [2.75, 3.05) is 6.54 Å². The van der Waals surface area contributed by atoms with Crippen molar-refractivity contribution in [3.8, 4) is 10.7 Å². The van der Waals surface area contributed by atoms with Crippen LogP contribution in [0.25, 0.3) is 26.7 Å². The number of nitrogens with zero attached hydrogens (tertiary/aromatic N) is 5. The molecular weight excluding hydrogens is 392 g/mol. The van der Waals surface area contributed by atoms with Crippen LogP contribution in [-0.2, 0) is 6.42 Å². The molecule has 0 aliphatic rings. The highest BCUT2D eigenvalue weighted by molar-refractivity contribution is 7.15. The topological polar surface area (TPSA) is 85.1 Å². The molecule has 0 aliphatic heterocycles. The highest BCUT2D eigenvalue weighted by atomic mass is 32.1. The Bertz CT molecular complexity index is 1270. The first-order chi connectivity index (χ1) is 13.8. The molecule has 0 fully saturated rings. The maximum absolute atomic E-state index is 12.4. The number of carbonyl (C=O) groups is 1. The van der Waals surface area contributed by atoms with Gasteiger partial charge in [-0.1, -0.05) is 18.2 Å². The molecule has 1 N–H and O–H groups in total. The SMILES string of the molecule is O=C(NCCc1csc2nc(-c3cccs3)nn12)c1cnc2ccccc2n1. The number of carbonyl (C=O) groups excluding carboxylic acids is 1. The lowest BCUT2D eigenvalue weighted by molar-refractivity contribution is 0.0949. The second-order valence-electron chi connectivity index (χ2n) is 6.08. The summed E-state index contributed by atoms with van der Waals surface area (Å²) in [5.41, 5.74) is 2.81. The third-order valence-electron chi connectivity index (χ3n) is 4.24. The third kappa shape index (κ3) is 3.14. The van der Waals surface area contributed by atoms with E-state index < -0.39 is 0 Å². The molecule has 9 heteroatoms. The van der Waals surface area contributed by atoms with Crippen molar-refractivity contribution in [2.24, 2.45) is 0 Å². The van der Waals surface area contributed by atoms with Crippen LogP contribution in [0.3, 0.4) is 0 Å². The normalized spacial score (nSPS) is 11.3. The average molecular weight is 406 g/mol. The largest absolute Gasteiger partial charge is 0.350 e. The zero-order chi connectivity index (χ0) is 18.9. The number of hydrogen-bond donors (Lipinski definition) is 1. The Morgan fingerprint density at radius 1 is 1.07 bits per heavy atom. The Morgan fingerprint density at radius 2 is 1.96 bits per heavy atom. The first-order valence-electron chi connectivity index (χ1n) is 8.65. The van der Waals surface area contributed by atoms with Crippen LogP contribution in [0.4, 0.5) is 0 Å². The molecule has 7 nitrogen and oxygen atoms in total. The zero-order valence-corrected chi connectivity index (χ0v) is 16.2. The number of rotatable bonds is 5. The number of thiophene rings is 1. The fourth-order valence-corrected chi connectivity index (χ4v) is 4.38. The number of hydrogen-bond acceptors (Lipinski definition) is 7. The van der Waals surface area contributed by atoms with Crippen molar-refractivity contribution < 1.29 is 4.79 Å². The lowest BCUT2D eigenvalue weighted by Gasteiger charge is -2.05. The summed E-state index contributed by atoms with van der Waals surface area (Å²) < 4.78 is 1.85. The second kappa shape index (κ2) is 7.10. The first kappa shape index (κ1) is 17.0. The van der Waals surface area contributed by atoms with Gasteiger partial charge in [-0.15, -0.1) is 27.8 Å². The predicted octanol–water partition coefficient (Wildman–Crippen LogP) is 3.44. The van der Waals surface area contributed by atoms with Crippen molar-refractivity contribution in [1.29, 1.82) is 0 Å². The van der Waals surface area contributed by atoms with E-state index in [2.05, 4.69) is 25.4 Å². The molecule has 0 spiro atoms. The van der Waals surface area contributed by atoms with E-state index in [0.29, 0.717) is 24.2 Å². The van der Waals surface area contributed by atoms with Crippen LogP contribution in [0.1, 0.15) is 16.2 Å². The van der Waals surface area contributed by atoms with Crippen LogP contribution >= 0.6 is 22.7 Å². The molecule has 4 aromatic heterocycles. The molecule has 0 unspecified atom stereocenters. The predicted molar refractivity (Wildman–Crippen MR) is 110 cm³/mol. The third-order valence-corrected chi connectivity index (χ3v) is 5.97. The molecule has 5 aromatic rings. The number of nitrogens with one attached hydrogen (secondary N) is 1. The molecule has 28 heavy (non-hydrogen) atoms. The van der Waals surface area contributed by atoms with E-state index in [-0.39, 0.29) is 5.91 Å². The van der Waals surface area contributed by atoms with Crippen LogP contribution in [0, 0.1) is 0 Å². The van der Waals surface area contributed by atoms with Crippen molar-refractivity contribution in [3.63, 3.8) is 0 Å². The summed E-state index contributed by atoms with van der Waals surface area (Å²) in [6.07, 6.45) is 2.16. The van der Waals surface area contributed by atoms with Gasteiger partial charge in [-0.05, 0) is 23.6 Å². The van der Waals surface area contributed by atoms with Crippen LogP contribution in [-0.4, -0.2) is 37.0 Å². The average Bonchev–Trinajstić information content (AvgIpc) is 3.45. The Balaban J connectivity index is 1.27. The summed E-state index contributed by atoms with van der Waals surface area (Å²) in [7, 11) is 0. The van der Waals surface area contributed by atoms with Crippen molar-refractivity contribution in [1.82, 2.24) is 29.9 Å². The minimum atomic E-state index is -0.234. The van der Waals surface area contributed by atoms with Crippen molar-refractivity contribution >= 4 is 44.6 Å². The van der Waals surface area contributed by atoms with E-state index in [0.717, 1.165) is 26.9 Å². The standard InChI is InChI=1S/C19H14N6OS2/c26-18(15-10-21-13-4-1-2-5-14(13)22-15)20-8-7-12-11-28-19-23-17(24-25(12)19)16-6-3-9-27-16/h1-6,9-11H,7-8H2,(H,20,26). The second-order valence-corrected chi connectivity index (χ2v) is 7.87. The lowest BCUT2D eigenvalue weighted by atomic mass is 10.3. The summed E-state index contributed by atoms with van der Waals surface area (Å²) in [6.45, 7) is 0.480. The molecule has 0 saturated carbocycles. The van der Waals surface area contributed by atoms with E-state index in [4.69, 9.17) is 0 Å². The Hall–Kier alpha value is -3.17. The van der Waals surface area contributed by atoms with Gasteiger partial charge in [0, 0.05) is 18.3 Å². The fourth-order valence-electron chi connectivity index (χ4n) is 2.87. The van der Waals surface area contributed by atoms with Crippen LogP contribution in [0.5, 0.6) is 0 Å². The molecule has 0 aliphatic carbocycles. The van der Waals surface area contributed by atoms with E-state index in [1.807, 2.05) is 51.7 Å². The molecule has 5 rings (SSSR count). The monoisotopic (exact) mass is 406 g/mol. The molecule has 0 saturated heterocycles.